The molecule has 0 radical (unpaired) electrons. The molecular weight excluding hydrogens is 308 g/mol. The van der Waals surface area contributed by atoms with Crippen molar-refractivity contribution in [1.29, 1.82) is 0 Å². The molecule has 0 aromatic carbocycles. The fourth-order valence-corrected chi connectivity index (χ4v) is 1.89. The highest BCUT2D eigenvalue weighted by atomic mass is 16.5. The second kappa shape index (κ2) is 11.5. The number of H-pyrrole nitrogens is 1. The predicted octanol–water partition coefficient (Wildman–Crippen LogP) is 2.66. The lowest BCUT2D eigenvalue weighted by atomic mass is 10.1. The van der Waals surface area contributed by atoms with E-state index in [2.05, 4.69) is 39.2 Å². The van der Waals surface area contributed by atoms with Crippen molar-refractivity contribution < 1.29 is 14.3 Å². The average Bonchev–Trinajstić information content (AvgIpc) is 3.26. The highest BCUT2D eigenvalue weighted by Gasteiger charge is 2.46. The van der Waals surface area contributed by atoms with Gasteiger partial charge in [0.2, 0.25) is 5.91 Å². The number of hydrogen-bond acceptors (Lipinski definition) is 4. The van der Waals surface area contributed by atoms with Crippen molar-refractivity contribution in [2.24, 2.45) is 0 Å². The maximum Gasteiger partial charge on any atom is 0.407 e. The van der Waals surface area contributed by atoms with Crippen molar-refractivity contribution in [3.63, 3.8) is 0 Å². The summed E-state index contributed by atoms with van der Waals surface area (Å²) in [6, 6.07) is 0. The molecular formula is C17H32N4O3. The van der Waals surface area contributed by atoms with Crippen LogP contribution in [-0.4, -0.2) is 42.2 Å². The van der Waals surface area contributed by atoms with Gasteiger partial charge in [-0.2, -0.15) is 0 Å². The lowest BCUT2D eigenvalue weighted by Crippen LogP contribution is -2.40. The van der Waals surface area contributed by atoms with Gasteiger partial charge in [-0.1, -0.05) is 34.1 Å². The number of amides is 2. The number of imidazole rings is 1. The number of carbonyl (C=O) groups is 2. The van der Waals surface area contributed by atoms with Crippen LogP contribution in [0.3, 0.4) is 0 Å². The van der Waals surface area contributed by atoms with Gasteiger partial charge in [-0.15, -0.1) is 0 Å². The summed E-state index contributed by atoms with van der Waals surface area (Å²) in [6.07, 6.45) is 4.43. The summed E-state index contributed by atoms with van der Waals surface area (Å²) in [5.74, 6) is 0.686. The third-order valence-electron chi connectivity index (χ3n) is 3.26. The average molecular weight is 340 g/mol. The van der Waals surface area contributed by atoms with Gasteiger partial charge in [0.15, 0.2) is 0 Å². The second-order valence-electron chi connectivity index (χ2n) is 5.52. The number of aromatic nitrogens is 2. The van der Waals surface area contributed by atoms with Crippen molar-refractivity contribution in [1.82, 2.24) is 20.6 Å². The van der Waals surface area contributed by atoms with E-state index in [-0.39, 0.29) is 17.9 Å². The number of rotatable bonds is 5. The lowest BCUT2D eigenvalue weighted by Gasteiger charge is -2.13. The van der Waals surface area contributed by atoms with Gasteiger partial charge < -0.3 is 20.4 Å². The first kappa shape index (κ1) is 21.9. The van der Waals surface area contributed by atoms with Crippen LogP contribution in [0.2, 0.25) is 0 Å². The van der Waals surface area contributed by atoms with E-state index in [1.165, 1.54) is 13.5 Å². The molecule has 24 heavy (non-hydrogen) atoms. The molecule has 7 nitrogen and oxygen atoms in total. The van der Waals surface area contributed by atoms with Crippen LogP contribution in [0.1, 0.15) is 58.5 Å². The van der Waals surface area contributed by atoms with E-state index in [1.807, 2.05) is 20.8 Å². The molecule has 0 atom stereocenters. The minimum Gasteiger partial charge on any atom is -0.453 e. The largest absolute Gasteiger partial charge is 0.453 e. The zero-order valence-corrected chi connectivity index (χ0v) is 15.8. The maximum atomic E-state index is 11.6. The Labute approximate surface area is 145 Å². The number of hydrogen-bond donors (Lipinski definition) is 3. The Kier molecular flexibility index (Phi) is 10.5. The van der Waals surface area contributed by atoms with E-state index in [0.29, 0.717) is 6.54 Å². The van der Waals surface area contributed by atoms with Gasteiger partial charge in [0, 0.05) is 23.9 Å². The molecule has 1 saturated carbocycles. The molecule has 1 heterocycles. The molecule has 0 bridgehead atoms. The van der Waals surface area contributed by atoms with Crippen LogP contribution in [0.4, 0.5) is 4.79 Å². The lowest BCUT2D eigenvalue weighted by molar-refractivity contribution is -0.120. The van der Waals surface area contributed by atoms with Gasteiger partial charge in [-0.25, -0.2) is 9.78 Å². The predicted molar refractivity (Wildman–Crippen MR) is 95.0 cm³/mol. The Morgan fingerprint density at radius 1 is 1.29 bits per heavy atom. The molecule has 138 valence electrons. The normalized spacial score (nSPS) is 13.4. The van der Waals surface area contributed by atoms with E-state index in [0.717, 1.165) is 24.4 Å². The number of carbonyl (C=O) groups excluding carboxylic acids is 2. The number of nitrogens with one attached hydrogen (secondary N) is 3. The number of aromatic amines is 1. The minimum atomic E-state index is -0.613. The topological polar surface area (TPSA) is 96.1 Å². The van der Waals surface area contributed by atoms with Gasteiger partial charge in [0.25, 0.3) is 0 Å². The van der Waals surface area contributed by atoms with Crippen LogP contribution in [0.15, 0.2) is 6.20 Å². The summed E-state index contributed by atoms with van der Waals surface area (Å²) >= 11 is 0. The first-order valence-electron chi connectivity index (χ1n) is 8.58. The molecule has 0 saturated heterocycles. The first-order chi connectivity index (χ1) is 11.5. The van der Waals surface area contributed by atoms with Crippen molar-refractivity contribution >= 4 is 12.0 Å². The zero-order chi connectivity index (χ0) is 18.6. The molecule has 1 aliphatic carbocycles. The quantitative estimate of drug-likeness (QED) is 0.768. The number of aryl methyl sites for hydroxylation is 1. The number of ether oxygens (including phenoxy) is 1. The van der Waals surface area contributed by atoms with Crippen LogP contribution >= 0.6 is 0 Å². The van der Waals surface area contributed by atoms with Crippen molar-refractivity contribution in [2.45, 2.75) is 59.3 Å². The van der Waals surface area contributed by atoms with Crippen LogP contribution in [-0.2, 0) is 14.9 Å². The molecule has 3 N–H and O–H groups in total. The summed E-state index contributed by atoms with van der Waals surface area (Å²) in [6.45, 7) is 10.6. The summed E-state index contributed by atoms with van der Waals surface area (Å²) in [7, 11) is 1.26. The zero-order valence-electron chi connectivity index (χ0n) is 15.8. The smallest absolute Gasteiger partial charge is 0.407 e. The Morgan fingerprint density at radius 2 is 1.88 bits per heavy atom. The molecule has 1 fully saturated rings. The third-order valence-corrected chi connectivity index (χ3v) is 3.26. The summed E-state index contributed by atoms with van der Waals surface area (Å²) in [4.78, 5) is 29.9. The Hall–Kier alpha value is -2.05. The van der Waals surface area contributed by atoms with Gasteiger partial charge in [-0.3, -0.25) is 4.79 Å². The summed E-state index contributed by atoms with van der Waals surface area (Å²) in [5, 5.41) is 5.14. The standard InChI is InChI=1S/C12H18N4O3.C3H8.C2H6/c1-8-5-13-10(16-8)12(3-4-12)7-15-9(17)6-14-11(18)19-2;1-3-2;1-2/h5H,3-4,6-7H2,1-2H3,(H,13,16)(H,14,18)(H,15,17);3H2,1-2H3;1-2H3. The van der Waals surface area contributed by atoms with Crippen molar-refractivity contribution in [3.8, 4) is 0 Å². The van der Waals surface area contributed by atoms with E-state index in [4.69, 9.17) is 0 Å². The van der Waals surface area contributed by atoms with Gasteiger partial charge >= 0.3 is 6.09 Å². The monoisotopic (exact) mass is 340 g/mol. The van der Waals surface area contributed by atoms with Crippen LogP contribution in [0.25, 0.3) is 0 Å². The third kappa shape index (κ3) is 7.48. The van der Waals surface area contributed by atoms with Gasteiger partial charge in [-0.05, 0) is 19.8 Å². The van der Waals surface area contributed by atoms with Crippen molar-refractivity contribution in [2.75, 3.05) is 20.2 Å². The van der Waals surface area contributed by atoms with Crippen LogP contribution in [0.5, 0.6) is 0 Å². The van der Waals surface area contributed by atoms with Crippen LogP contribution in [0, 0.1) is 6.92 Å². The Bertz CT molecular complexity index is 496. The fraction of sp³-hybridized carbons (Fsp3) is 0.706. The molecule has 1 aromatic heterocycles. The SMILES string of the molecule is CC.CCC.COC(=O)NCC(=O)NCC1(c2ncc(C)[nH]2)CC1. The first-order valence-corrected chi connectivity index (χ1v) is 8.58. The molecule has 1 aromatic rings. The number of nitrogens with zero attached hydrogens (tertiary/aromatic N) is 1. The highest BCUT2D eigenvalue weighted by molar-refractivity contribution is 5.82. The van der Waals surface area contributed by atoms with Crippen LogP contribution < -0.4 is 10.6 Å². The van der Waals surface area contributed by atoms with Gasteiger partial charge in [0.1, 0.15) is 5.82 Å². The summed E-state index contributed by atoms with van der Waals surface area (Å²) in [5.41, 5.74) is 0.954. The van der Waals surface area contributed by atoms with Crippen molar-refractivity contribution in [3.05, 3.63) is 17.7 Å². The molecule has 0 spiro atoms. The van der Waals surface area contributed by atoms with Gasteiger partial charge in [0.05, 0.1) is 13.7 Å². The molecule has 1 aliphatic rings. The summed E-state index contributed by atoms with van der Waals surface area (Å²) < 4.78 is 4.39. The van der Waals surface area contributed by atoms with E-state index in [1.54, 1.807) is 6.20 Å². The highest BCUT2D eigenvalue weighted by Crippen LogP contribution is 2.46. The molecule has 7 heteroatoms. The molecule has 2 amide bonds. The molecule has 0 aliphatic heterocycles. The van der Waals surface area contributed by atoms with E-state index < -0.39 is 6.09 Å². The van der Waals surface area contributed by atoms with E-state index >= 15 is 0 Å². The Balaban J connectivity index is 0.000000952. The maximum absolute atomic E-state index is 11.6. The van der Waals surface area contributed by atoms with E-state index in [9.17, 15) is 9.59 Å². The minimum absolute atomic E-state index is 0.0603. The Morgan fingerprint density at radius 3 is 2.29 bits per heavy atom. The number of alkyl carbamates (subject to hydrolysis) is 1. The number of methoxy groups -OCH3 is 1. The molecule has 2 rings (SSSR count). The molecule has 0 unspecified atom stereocenters. The second-order valence-corrected chi connectivity index (χ2v) is 5.52. The fourth-order valence-electron chi connectivity index (χ4n) is 1.89.